The molecule has 0 spiro atoms. The molecule has 1 heteroatoms. The number of fused-ring (bicyclic) bond motifs is 3. The van der Waals surface area contributed by atoms with E-state index in [2.05, 4.69) is 24.3 Å². The first kappa shape index (κ1) is 8.94. The third-order valence-corrected chi connectivity index (χ3v) is 2.78. The Labute approximate surface area is 93.6 Å². The van der Waals surface area contributed by atoms with E-state index in [-0.39, 0.29) is 0 Å². The molecule has 0 aliphatic rings. The lowest BCUT2D eigenvalue weighted by molar-refractivity contribution is 1.50. The molecule has 0 aromatic heterocycles. The molecule has 0 unspecified atom stereocenters. The lowest BCUT2D eigenvalue weighted by Crippen LogP contribution is -1.79. The van der Waals surface area contributed by atoms with Gasteiger partial charge in [0.05, 0.1) is 11.6 Å². The van der Waals surface area contributed by atoms with Crippen molar-refractivity contribution in [3.8, 4) is 6.07 Å². The van der Waals surface area contributed by atoms with Crippen LogP contribution in [0.3, 0.4) is 0 Å². The van der Waals surface area contributed by atoms with Crippen LogP contribution in [0, 0.1) is 17.4 Å². The molecule has 0 aliphatic heterocycles. The highest BCUT2D eigenvalue weighted by atomic mass is 14.2. The van der Waals surface area contributed by atoms with Gasteiger partial charge in [-0.05, 0) is 45.8 Å². The van der Waals surface area contributed by atoms with Gasteiger partial charge < -0.3 is 0 Å². The summed E-state index contributed by atoms with van der Waals surface area (Å²) in [5, 5.41) is 13.4. The molecule has 0 fully saturated rings. The van der Waals surface area contributed by atoms with Crippen LogP contribution in [0.2, 0.25) is 0 Å². The second-order valence-corrected chi connectivity index (χ2v) is 3.75. The van der Waals surface area contributed by atoms with Gasteiger partial charge in [-0.1, -0.05) is 30.3 Å². The lowest BCUT2D eigenvalue weighted by Gasteiger charge is -2.03. The number of nitrogens with zero attached hydrogens (tertiary/aromatic N) is 1. The Kier molecular flexibility index (Phi) is 1.88. The molecule has 0 atom stereocenters. The Hall–Kier alpha value is -2.33. The second-order valence-electron chi connectivity index (χ2n) is 3.75. The van der Waals surface area contributed by atoms with E-state index < -0.39 is 0 Å². The van der Waals surface area contributed by atoms with Crippen LogP contribution in [-0.2, 0) is 0 Å². The zero-order valence-electron chi connectivity index (χ0n) is 8.57. The average molecular weight is 202 g/mol. The van der Waals surface area contributed by atoms with E-state index in [4.69, 9.17) is 5.26 Å². The predicted molar refractivity (Wildman–Crippen MR) is 65.0 cm³/mol. The van der Waals surface area contributed by atoms with Gasteiger partial charge in [0.2, 0.25) is 0 Å². The number of hydrogen-bond donors (Lipinski definition) is 0. The molecular weight excluding hydrogens is 194 g/mol. The van der Waals surface area contributed by atoms with Gasteiger partial charge in [-0.15, -0.1) is 0 Å². The molecule has 0 N–H and O–H groups in total. The van der Waals surface area contributed by atoms with Crippen LogP contribution >= 0.6 is 0 Å². The van der Waals surface area contributed by atoms with Crippen LogP contribution < -0.4 is 0 Å². The molecule has 73 valence electrons. The maximum absolute atomic E-state index is 8.91. The summed E-state index contributed by atoms with van der Waals surface area (Å²) in [7, 11) is 0. The summed E-state index contributed by atoms with van der Waals surface area (Å²) in [5.41, 5.74) is 0.692. The standard InChI is InChI=1S/C15H8N/c16-10-11-5-6-13-8-7-12-3-1-2-4-14(12)15(13)9-11/h1-7,9H. The minimum atomic E-state index is 0.692. The van der Waals surface area contributed by atoms with Crippen LogP contribution in [0.15, 0.2) is 48.5 Å². The zero-order chi connectivity index (χ0) is 11.0. The van der Waals surface area contributed by atoms with Crippen LogP contribution in [0.25, 0.3) is 21.5 Å². The SMILES string of the molecule is N#Cc1ccc2[c]cc3ccccc3c2c1. The van der Waals surface area contributed by atoms with Crippen molar-refractivity contribution in [2.75, 3.05) is 0 Å². The van der Waals surface area contributed by atoms with Crippen molar-refractivity contribution in [1.29, 1.82) is 5.26 Å². The van der Waals surface area contributed by atoms with E-state index in [9.17, 15) is 0 Å². The summed E-state index contributed by atoms with van der Waals surface area (Å²) in [4.78, 5) is 0. The van der Waals surface area contributed by atoms with Crippen molar-refractivity contribution < 1.29 is 0 Å². The molecule has 0 bridgehead atoms. The van der Waals surface area contributed by atoms with Crippen molar-refractivity contribution in [3.05, 3.63) is 60.2 Å². The van der Waals surface area contributed by atoms with E-state index in [0.29, 0.717) is 5.56 Å². The van der Waals surface area contributed by atoms with Crippen molar-refractivity contribution in [2.24, 2.45) is 0 Å². The van der Waals surface area contributed by atoms with Gasteiger partial charge in [0.1, 0.15) is 0 Å². The van der Waals surface area contributed by atoms with Crippen LogP contribution in [0.4, 0.5) is 0 Å². The maximum atomic E-state index is 8.91. The molecule has 0 amide bonds. The first-order chi connectivity index (χ1) is 7.88. The molecule has 16 heavy (non-hydrogen) atoms. The lowest BCUT2D eigenvalue weighted by atomic mass is 10.0. The fraction of sp³-hybridized carbons (Fsp3) is 0. The predicted octanol–water partition coefficient (Wildman–Crippen LogP) is 3.66. The van der Waals surface area contributed by atoms with Gasteiger partial charge in [0.15, 0.2) is 0 Å². The largest absolute Gasteiger partial charge is 0.192 e. The summed E-state index contributed by atoms with van der Waals surface area (Å²) < 4.78 is 0. The van der Waals surface area contributed by atoms with Gasteiger partial charge >= 0.3 is 0 Å². The van der Waals surface area contributed by atoms with E-state index in [1.807, 2.05) is 36.4 Å². The van der Waals surface area contributed by atoms with Gasteiger partial charge in [-0.3, -0.25) is 0 Å². The highest BCUT2D eigenvalue weighted by Gasteiger charge is 2.01. The molecule has 0 aliphatic carbocycles. The summed E-state index contributed by atoms with van der Waals surface area (Å²) in [6.07, 6.45) is 0. The minimum absolute atomic E-state index is 0.692. The molecule has 3 aromatic carbocycles. The normalized spacial score (nSPS) is 10.4. The average Bonchev–Trinajstić information content (AvgIpc) is 2.38. The highest BCUT2D eigenvalue weighted by Crippen LogP contribution is 2.25. The first-order valence-electron chi connectivity index (χ1n) is 5.12. The van der Waals surface area contributed by atoms with E-state index in [0.717, 1.165) is 16.2 Å². The fourth-order valence-electron chi connectivity index (χ4n) is 1.99. The van der Waals surface area contributed by atoms with Crippen molar-refractivity contribution in [1.82, 2.24) is 0 Å². The molecular formula is C15H8N. The molecule has 3 aromatic rings. The van der Waals surface area contributed by atoms with Crippen LogP contribution in [-0.4, -0.2) is 0 Å². The van der Waals surface area contributed by atoms with E-state index in [1.54, 1.807) is 0 Å². The number of benzene rings is 3. The molecule has 1 radical (unpaired) electrons. The first-order valence-corrected chi connectivity index (χ1v) is 5.12. The van der Waals surface area contributed by atoms with Gasteiger partial charge in [0, 0.05) is 0 Å². The van der Waals surface area contributed by atoms with Crippen molar-refractivity contribution in [3.63, 3.8) is 0 Å². The molecule has 3 rings (SSSR count). The summed E-state index contributed by atoms with van der Waals surface area (Å²) in [6.45, 7) is 0. The Bertz CT molecular complexity index is 720. The summed E-state index contributed by atoms with van der Waals surface area (Å²) in [6, 6.07) is 21.3. The second kappa shape index (κ2) is 3.36. The maximum Gasteiger partial charge on any atom is 0.0991 e. The Morgan fingerprint density at radius 3 is 2.75 bits per heavy atom. The van der Waals surface area contributed by atoms with Crippen molar-refractivity contribution in [2.45, 2.75) is 0 Å². The van der Waals surface area contributed by atoms with E-state index in [1.165, 1.54) is 5.39 Å². The minimum Gasteiger partial charge on any atom is -0.192 e. The fourth-order valence-corrected chi connectivity index (χ4v) is 1.99. The van der Waals surface area contributed by atoms with Crippen LogP contribution in [0.5, 0.6) is 0 Å². The number of rotatable bonds is 0. The number of nitriles is 1. The van der Waals surface area contributed by atoms with Gasteiger partial charge in [-0.2, -0.15) is 5.26 Å². The zero-order valence-corrected chi connectivity index (χ0v) is 8.57. The van der Waals surface area contributed by atoms with Crippen LogP contribution in [0.1, 0.15) is 5.56 Å². The van der Waals surface area contributed by atoms with Gasteiger partial charge in [0.25, 0.3) is 0 Å². The monoisotopic (exact) mass is 202 g/mol. The Balaban J connectivity index is 2.53. The summed E-state index contributed by atoms with van der Waals surface area (Å²) >= 11 is 0. The molecule has 0 saturated carbocycles. The molecule has 1 nitrogen and oxygen atoms in total. The molecule has 0 heterocycles. The molecule has 0 saturated heterocycles. The topological polar surface area (TPSA) is 23.8 Å². The third kappa shape index (κ3) is 1.24. The van der Waals surface area contributed by atoms with Gasteiger partial charge in [-0.25, -0.2) is 0 Å². The summed E-state index contributed by atoms with van der Waals surface area (Å²) in [5.74, 6) is 0. The quantitative estimate of drug-likeness (QED) is 0.510. The highest BCUT2D eigenvalue weighted by molar-refractivity contribution is 6.07. The number of hydrogen-bond acceptors (Lipinski definition) is 1. The van der Waals surface area contributed by atoms with E-state index >= 15 is 0 Å². The third-order valence-electron chi connectivity index (χ3n) is 2.78. The Morgan fingerprint density at radius 2 is 1.88 bits per heavy atom. The smallest absolute Gasteiger partial charge is 0.0991 e. The van der Waals surface area contributed by atoms with Crippen molar-refractivity contribution >= 4 is 21.5 Å². The Morgan fingerprint density at radius 1 is 1.00 bits per heavy atom.